The van der Waals surface area contributed by atoms with Crippen molar-refractivity contribution in [2.24, 2.45) is 5.92 Å². The summed E-state index contributed by atoms with van der Waals surface area (Å²) in [6.45, 7) is 0. The fourth-order valence-electron chi connectivity index (χ4n) is 2.97. The summed E-state index contributed by atoms with van der Waals surface area (Å²) in [6, 6.07) is 2.93. The Hall–Kier alpha value is -2.17. The molecule has 0 amide bonds. The average molecular weight is 318 g/mol. The van der Waals surface area contributed by atoms with Crippen LogP contribution in [0.25, 0.3) is 11.0 Å². The molecular formula is C18H19FO4. The molecule has 1 aromatic heterocycles. The van der Waals surface area contributed by atoms with Crippen LogP contribution in [0.3, 0.4) is 0 Å². The summed E-state index contributed by atoms with van der Waals surface area (Å²) < 4.78 is 18.6. The van der Waals surface area contributed by atoms with Gasteiger partial charge in [-0.25, -0.2) is 4.39 Å². The van der Waals surface area contributed by atoms with Gasteiger partial charge in [-0.15, -0.1) is 0 Å². The number of fused-ring (bicyclic) bond motifs is 1. The number of rotatable bonds is 6. The minimum absolute atomic E-state index is 0.0657. The number of halogens is 1. The number of hydrogen-bond donors (Lipinski definition) is 1. The van der Waals surface area contributed by atoms with Crippen LogP contribution in [0.2, 0.25) is 0 Å². The number of hydrogen-bond acceptors (Lipinski definition) is 4. The number of ketones is 1. The molecule has 0 aliphatic heterocycles. The minimum atomic E-state index is -0.725. The standard InChI is InChI=1S/C18H19FO4/c19-12-8-13-15(21)10-17(23-18(13)16(22)9-12)14(20)7-2-1-4-11-5-3-6-11/h8-11,22H,1-7H2. The number of carbonyl (C=O) groups is 1. The Bertz CT molecular complexity index is 789. The number of unbranched alkanes of at least 4 members (excludes halogenated alkanes) is 1. The number of phenolic OH excluding ortho intramolecular Hbond substituents is 1. The maximum atomic E-state index is 13.2. The van der Waals surface area contributed by atoms with Crippen molar-refractivity contribution in [2.75, 3.05) is 0 Å². The zero-order valence-electron chi connectivity index (χ0n) is 12.8. The Labute approximate surface area is 132 Å². The van der Waals surface area contributed by atoms with E-state index in [-0.39, 0.29) is 22.5 Å². The summed E-state index contributed by atoms with van der Waals surface area (Å²) in [4.78, 5) is 24.1. The van der Waals surface area contributed by atoms with Gasteiger partial charge in [-0.05, 0) is 18.4 Å². The third kappa shape index (κ3) is 3.44. The highest BCUT2D eigenvalue weighted by molar-refractivity contribution is 5.95. The van der Waals surface area contributed by atoms with Crippen molar-refractivity contribution in [3.05, 3.63) is 40.0 Å². The highest BCUT2D eigenvalue weighted by atomic mass is 19.1. The molecule has 1 heterocycles. The average Bonchev–Trinajstić information content (AvgIpc) is 2.45. The minimum Gasteiger partial charge on any atom is -0.504 e. The molecule has 1 N–H and O–H groups in total. The van der Waals surface area contributed by atoms with Crippen LogP contribution < -0.4 is 5.43 Å². The SMILES string of the molecule is O=C(CCCCC1CCC1)c1cc(=O)c2cc(F)cc(O)c2o1. The molecule has 2 aromatic rings. The van der Waals surface area contributed by atoms with Gasteiger partial charge in [-0.3, -0.25) is 9.59 Å². The molecule has 23 heavy (non-hydrogen) atoms. The Morgan fingerprint density at radius 3 is 2.74 bits per heavy atom. The first-order valence-electron chi connectivity index (χ1n) is 8.04. The van der Waals surface area contributed by atoms with Crippen LogP contribution in [0.5, 0.6) is 5.75 Å². The topological polar surface area (TPSA) is 67.5 Å². The van der Waals surface area contributed by atoms with Gasteiger partial charge in [0, 0.05) is 18.6 Å². The van der Waals surface area contributed by atoms with Crippen LogP contribution in [0, 0.1) is 11.7 Å². The zero-order chi connectivity index (χ0) is 16.4. The van der Waals surface area contributed by atoms with Crippen LogP contribution in [-0.2, 0) is 0 Å². The van der Waals surface area contributed by atoms with Gasteiger partial charge in [0.15, 0.2) is 28.3 Å². The number of phenols is 1. The van der Waals surface area contributed by atoms with E-state index in [0.29, 0.717) is 6.42 Å². The number of aromatic hydroxyl groups is 1. The van der Waals surface area contributed by atoms with Gasteiger partial charge in [0.05, 0.1) is 5.39 Å². The molecule has 0 radical (unpaired) electrons. The second-order valence-corrected chi connectivity index (χ2v) is 6.24. The highest BCUT2D eigenvalue weighted by Crippen LogP contribution is 2.31. The fourth-order valence-corrected chi connectivity index (χ4v) is 2.97. The molecule has 3 rings (SSSR count). The Kier molecular flexibility index (Phi) is 4.46. The van der Waals surface area contributed by atoms with E-state index in [4.69, 9.17) is 4.42 Å². The molecule has 122 valence electrons. The molecule has 0 bridgehead atoms. The van der Waals surface area contributed by atoms with Crippen molar-refractivity contribution in [1.82, 2.24) is 0 Å². The number of benzene rings is 1. The summed E-state index contributed by atoms with van der Waals surface area (Å²) in [5.41, 5.74) is -0.671. The maximum Gasteiger partial charge on any atom is 0.198 e. The van der Waals surface area contributed by atoms with Gasteiger partial charge in [0.25, 0.3) is 0 Å². The van der Waals surface area contributed by atoms with E-state index in [1.807, 2.05) is 0 Å². The lowest BCUT2D eigenvalue weighted by Crippen LogP contribution is -2.11. The first-order valence-corrected chi connectivity index (χ1v) is 8.04. The predicted octanol–water partition coefficient (Wildman–Crippen LogP) is 4.18. The number of carbonyl (C=O) groups excluding carboxylic acids is 1. The van der Waals surface area contributed by atoms with Crippen molar-refractivity contribution in [3.8, 4) is 5.75 Å². The van der Waals surface area contributed by atoms with Gasteiger partial charge < -0.3 is 9.52 Å². The van der Waals surface area contributed by atoms with E-state index >= 15 is 0 Å². The van der Waals surface area contributed by atoms with E-state index in [1.165, 1.54) is 19.3 Å². The van der Waals surface area contributed by atoms with Gasteiger partial charge in [0.1, 0.15) is 5.82 Å². The second-order valence-electron chi connectivity index (χ2n) is 6.24. The lowest BCUT2D eigenvalue weighted by molar-refractivity contribution is 0.0951. The van der Waals surface area contributed by atoms with Gasteiger partial charge >= 0.3 is 0 Å². The Morgan fingerprint density at radius 2 is 2.04 bits per heavy atom. The molecule has 1 fully saturated rings. The van der Waals surface area contributed by atoms with E-state index in [1.54, 1.807) is 0 Å². The van der Waals surface area contributed by atoms with E-state index in [0.717, 1.165) is 43.4 Å². The third-order valence-electron chi connectivity index (χ3n) is 4.54. The third-order valence-corrected chi connectivity index (χ3v) is 4.54. The smallest absolute Gasteiger partial charge is 0.198 e. The molecule has 0 unspecified atom stereocenters. The fraction of sp³-hybridized carbons (Fsp3) is 0.444. The molecule has 1 aliphatic carbocycles. The second kappa shape index (κ2) is 6.52. The molecule has 4 nitrogen and oxygen atoms in total. The molecule has 0 saturated heterocycles. The predicted molar refractivity (Wildman–Crippen MR) is 84.2 cm³/mol. The van der Waals surface area contributed by atoms with Gasteiger partial charge in [-0.2, -0.15) is 0 Å². The van der Waals surface area contributed by atoms with E-state index < -0.39 is 17.0 Å². The van der Waals surface area contributed by atoms with Crippen LogP contribution in [0.1, 0.15) is 55.5 Å². The van der Waals surface area contributed by atoms with Crippen molar-refractivity contribution in [1.29, 1.82) is 0 Å². The van der Waals surface area contributed by atoms with Crippen molar-refractivity contribution in [2.45, 2.75) is 44.9 Å². The largest absolute Gasteiger partial charge is 0.504 e. The van der Waals surface area contributed by atoms with Crippen LogP contribution >= 0.6 is 0 Å². The molecule has 1 aromatic carbocycles. The van der Waals surface area contributed by atoms with Crippen molar-refractivity contribution < 1.29 is 18.7 Å². The lowest BCUT2D eigenvalue weighted by atomic mass is 9.81. The molecular weight excluding hydrogens is 299 g/mol. The van der Waals surface area contributed by atoms with Crippen LogP contribution in [-0.4, -0.2) is 10.9 Å². The summed E-state index contributed by atoms with van der Waals surface area (Å²) in [5.74, 6) is -0.723. The summed E-state index contributed by atoms with van der Waals surface area (Å²) in [7, 11) is 0. The first kappa shape index (κ1) is 15.7. The monoisotopic (exact) mass is 318 g/mol. The molecule has 1 saturated carbocycles. The Balaban J connectivity index is 1.71. The van der Waals surface area contributed by atoms with E-state index in [2.05, 4.69) is 0 Å². The molecule has 1 aliphatic rings. The van der Waals surface area contributed by atoms with Crippen molar-refractivity contribution in [3.63, 3.8) is 0 Å². The highest BCUT2D eigenvalue weighted by Gasteiger charge is 2.18. The normalized spacial score (nSPS) is 14.8. The summed E-state index contributed by atoms with van der Waals surface area (Å²) in [5, 5.41) is 9.64. The molecule has 0 spiro atoms. The quantitative estimate of drug-likeness (QED) is 0.641. The Morgan fingerprint density at radius 1 is 1.26 bits per heavy atom. The van der Waals surface area contributed by atoms with E-state index in [9.17, 15) is 19.1 Å². The molecule has 5 heteroatoms. The molecule has 0 atom stereocenters. The number of Topliss-reactive ketones (excluding diaryl/α,β-unsaturated/α-hetero) is 1. The maximum absolute atomic E-state index is 13.2. The van der Waals surface area contributed by atoms with Crippen molar-refractivity contribution >= 4 is 16.8 Å². The first-order chi connectivity index (χ1) is 11.0. The van der Waals surface area contributed by atoms with Gasteiger partial charge in [0.2, 0.25) is 0 Å². The van der Waals surface area contributed by atoms with Gasteiger partial charge in [-0.1, -0.05) is 32.1 Å². The summed E-state index contributed by atoms with van der Waals surface area (Å²) in [6.07, 6.45) is 7.11. The zero-order valence-corrected chi connectivity index (χ0v) is 12.8. The lowest BCUT2D eigenvalue weighted by Gasteiger charge is -2.24. The summed E-state index contributed by atoms with van der Waals surface area (Å²) >= 11 is 0. The van der Waals surface area contributed by atoms with Crippen LogP contribution in [0.15, 0.2) is 27.4 Å². The van der Waals surface area contributed by atoms with Crippen LogP contribution in [0.4, 0.5) is 4.39 Å².